The van der Waals surface area contributed by atoms with Crippen molar-refractivity contribution in [3.8, 4) is 0 Å². The van der Waals surface area contributed by atoms with E-state index in [4.69, 9.17) is 0 Å². The Morgan fingerprint density at radius 2 is 2.28 bits per heavy atom. The van der Waals surface area contributed by atoms with Gasteiger partial charge in [0.2, 0.25) is 0 Å². The van der Waals surface area contributed by atoms with Gasteiger partial charge in [-0.3, -0.25) is 0 Å². The van der Waals surface area contributed by atoms with E-state index >= 15 is 0 Å². The second kappa shape index (κ2) is 6.01. The number of hydrogen-bond acceptors (Lipinski definition) is 4. The summed E-state index contributed by atoms with van der Waals surface area (Å²) in [6, 6.07) is -0.0109. The van der Waals surface area contributed by atoms with Crippen molar-refractivity contribution in [3.05, 3.63) is 12.5 Å². The molecule has 104 valence electrons. The zero-order valence-corrected chi connectivity index (χ0v) is 12.1. The normalized spacial score (nSPS) is 24.6. The van der Waals surface area contributed by atoms with E-state index in [1.165, 1.54) is 12.5 Å². The molecular formula is C10H19ClN4O2S. The monoisotopic (exact) mass is 294 g/mol. The highest BCUT2D eigenvalue weighted by molar-refractivity contribution is 7.89. The first-order valence-electron chi connectivity index (χ1n) is 5.70. The fraction of sp³-hybridized carbons (Fsp3) is 0.700. The molecule has 0 bridgehead atoms. The number of aryl methyl sites for hydroxylation is 1. The molecule has 1 aliphatic heterocycles. The van der Waals surface area contributed by atoms with Gasteiger partial charge in [0.05, 0.1) is 6.33 Å². The highest BCUT2D eigenvalue weighted by Gasteiger charge is 2.27. The van der Waals surface area contributed by atoms with Crippen LogP contribution in [0, 0.1) is 5.92 Å². The molecule has 2 rings (SSSR count). The molecule has 2 heterocycles. The molecule has 0 radical (unpaired) electrons. The van der Waals surface area contributed by atoms with E-state index < -0.39 is 10.0 Å². The average molecular weight is 295 g/mol. The molecular weight excluding hydrogens is 276 g/mol. The fourth-order valence-electron chi connectivity index (χ4n) is 1.98. The van der Waals surface area contributed by atoms with E-state index in [0.29, 0.717) is 5.92 Å². The lowest BCUT2D eigenvalue weighted by Crippen LogP contribution is -2.48. The van der Waals surface area contributed by atoms with Crippen LogP contribution in [0.1, 0.15) is 13.3 Å². The van der Waals surface area contributed by atoms with Crippen LogP contribution in [0.15, 0.2) is 17.6 Å². The maximum Gasteiger partial charge on any atom is 0.259 e. The Morgan fingerprint density at radius 3 is 2.83 bits per heavy atom. The summed E-state index contributed by atoms with van der Waals surface area (Å²) in [6.07, 6.45) is 3.81. The van der Waals surface area contributed by atoms with Crippen LogP contribution in [0.25, 0.3) is 0 Å². The van der Waals surface area contributed by atoms with Crippen molar-refractivity contribution in [2.45, 2.75) is 24.4 Å². The van der Waals surface area contributed by atoms with Gasteiger partial charge in [-0.25, -0.2) is 18.1 Å². The molecule has 0 aliphatic carbocycles. The standard InChI is InChI=1S/C10H18N4O2S.ClH/c1-8-5-11-4-3-9(8)13-17(15,16)10-6-14(2)7-12-10;/h6-9,11,13H,3-5H2,1-2H3;1H. The van der Waals surface area contributed by atoms with Gasteiger partial charge in [0.15, 0.2) is 5.03 Å². The first-order valence-corrected chi connectivity index (χ1v) is 7.18. The zero-order valence-electron chi connectivity index (χ0n) is 10.5. The van der Waals surface area contributed by atoms with E-state index in [0.717, 1.165) is 19.5 Å². The van der Waals surface area contributed by atoms with E-state index in [-0.39, 0.29) is 23.5 Å². The summed E-state index contributed by atoms with van der Waals surface area (Å²) in [5.41, 5.74) is 0. The summed E-state index contributed by atoms with van der Waals surface area (Å²) in [7, 11) is -1.73. The van der Waals surface area contributed by atoms with Crippen LogP contribution in [-0.4, -0.2) is 37.1 Å². The molecule has 0 aromatic carbocycles. The van der Waals surface area contributed by atoms with Crippen molar-refractivity contribution in [3.63, 3.8) is 0 Å². The van der Waals surface area contributed by atoms with Crippen molar-refractivity contribution in [1.82, 2.24) is 19.6 Å². The summed E-state index contributed by atoms with van der Waals surface area (Å²) < 4.78 is 28.5. The topological polar surface area (TPSA) is 76.0 Å². The van der Waals surface area contributed by atoms with E-state index in [2.05, 4.69) is 15.0 Å². The molecule has 6 nitrogen and oxygen atoms in total. The third-order valence-electron chi connectivity index (χ3n) is 3.05. The molecule has 1 aromatic heterocycles. The van der Waals surface area contributed by atoms with Gasteiger partial charge in [-0.15, -0.1) is 12.4 Å². The van der Waals surface area contributed by atoms with Crippen LogP contribution < -0.4 is 10.0 Å². The molecule has 1 aliphatic rings. The number of nitrogens with one attached hydrogen (secondary N) is 2. The number of hydrogen-bond donors (Lipinski definition) is 2. The third-order valence-corrected chi connectivity index (χ3v) is 4.42. The van der Waals surface area contributed by atoms with E-state index in [1.54, 1.807) is 11.6 Å². The quantitative estimate of drug-likeness (QED) is 0.830. The minimum absolute atomic E-state index is 0. The van der Waals surface area contributed by atoms with Crippen LogP contribution >= 0.6 is 12.4 Å². The Balaban J connectivity index is 0.00000162. The molecule has 1 fully saturated rings. The summed E-state index contributed by atoms with van der Waals surface area (Å²) in [5, 5.41) is 3.33. The number of halogens is 1. The summed E-state index contributed by atoms with van der Waals surface area (Å²) in [4.78, 5) is 3.87. The average Bonchev–Trinajstić information content (AvgIpc) is 2.69. The van der Waals surface area contributed by atoms with Crippen LogP contribution in [0.4, 0.5) is 0 Å². The number of rotatable bonds is 3. The molecule has 2 N–H and O–H groups in total. The second-order valence-corrected chi connectivity index (χ2v) is 6.24. The number of imidazole rings is 1. The lowest BCUT2D eigenvalue weighted by atomic mass is 9.97. The van der Waals surface area contributed by atoms with Gasteiger partial charge in [-0.05, 0) is 25.4 Å². The highest BCUT2D eigenvalue weighted by Crippen LogP contribution is 2.14. The van der Waals surface area contributed by atoms with Crippen molar-refractivity contribution in [2.75, 3.05) is 13.1 Å². The predicted octanol–water partition coefficient (Wildman–Crippen LogP) is 0.118. The van der Waals surface area contributed by atoms with Crippen LogP contribution in [-0.2, 0) is 17.1 Å². The molecule has 0 saturated carbocycles. The molecule has 18 heavy (non-hydrogen) atoms. The maximum absolute atomic E-state index is 12.1. The lowest BCUT2D eigenvalue weighted by molar-refractivity contribution is 0.328. The number of sulfonamides is 1. The highest BCUT2D eigenvalue weighted by atomic mass is 35.5. The summed E-state index contributed by atoms with van der Waals surface area (Å²) >= 11 is 0. The minimum atomic E-state index is -3.48. The maximum atomic E-state index is 12.1. The van der Waals surface area contributed by atoms with E-state index in [9.17, 15) is 8.42 Å². The number of piperidine rings is 1. The molecule has 1 aromatic rings. The van der Waals surface area contributed by atoms with Gasteiger partial charge >= 0.3 is 0 Å². The van der Waals surface area contributed by atoms with Crippen molar-refractivity contribution in [1.29, 1.82) is 0 Å². The van der Waals surface area contributed by atoms with Crippen LogP contribution in [0.5, 0.6) is 0 Å². The van der Waals surface area contributed by atoms with Crippen molar-refractivity contribution in [2.24, 2.45) is 13.0 Å². The summed E-state index contributed by atoms with van der Waals surface area (Å²) in [6.45, 7) is 3.73. The SMILES string of the molecule is CC1CNCCC1NS(=O)(=O)c1cn(C)cn1.Cl. The van der Waals surface area contributed by atoms with Gasteiger partial charge in [0, 0.05) is 19.3 Å². The Kier molecular flexibility index (Phi) is 5.15. The number of nitrogens with zero attached hydrogens (tertiary/aromatic N) is 2. The summed E-state index contributed by atoms with van der Waals surface area (Å²) in [5.74, 6) is 0.294. The molecule has 8 heteroatoms. The van der Waals surface area contributed by atoms with Gasteiger partial charge < -0.3 is 9.88 Å². The minimum Gasteiger partial charge on any atom is -0.339 e. The Morgan fingerprint density at radius 1 is 1.56 bits per heavy atom. The van der Waals surface area contributed by atoms with Crippen molar-refractivity contribution >= 4 is 22.4 Å². The second-order valence-electron chi connectivity index (χ2n) is 4.58. The third kappa shape index (κ3) is 3.44. The van der Waals surface area contributed by atoms with Crippen LogP contribution in [0.2, 0.25) is 0 Å². The van der Waals surface area contributed by atoms with Gasteiger partial charge in [0.25, 0.3) is 10.0 Å². The van der Waals surface area contributed by atoms with Gasteiger partial charge in [-0.1, -0.05) is 6.92 Å². The molecule has 1 saturated heterocycles. The number of aromatic nitrogens is 2. The Hall–Kier alpha value is -0.630. The fourth-order valence-corrected chi connectivity index (χ4v) is 3.34. The molecule has 2 atom stereocenters. The molecule has 2 unspecified atom stereocenters. The molecule has 0 amide bonds. The van der Waals surface area contributed by atoms with E-state index in [1.807, 2.05) is 6.92 Å². The van der Waals surface area contributed by atoms with Crippen molar-refractivity contribution < 1.29 is 8.42 Å². The Bertz CT molecular complexity index is 488. The van der Waals surface area contributed by atoms with Gasteiger partial charge in [-0.2, -0.15) is 0 Å². The Labute approximate surface area is 114 Å². The lowest BCUT2D eigenvalue weighted by Gasteiger charge is -2.29. The predicted molar refractivity (Wildman–Crippen MR) is 71.2 cm³/mol. The van der Waals surface area contributed by atoms with Crippen LogP contribution in [0.3, 0.4) is 0 Å². The molecule has 0 spiro atoms. The largest absolute Gasteiger partial charge is 0.339 e. The van der Waals surface area contributed by atoms with Gasteiger partial charge in [0.1, 0.15) is 0 Å². The zero-order chi connectivity index (χ0) is 12.5. The first-order chi connectivity index (χ1) is 7.99. The smallest absolute Gasteiger partial charge is 0.259 e. The first kappa shape index (κ1) is 15.4.